The molecule has 0 saturated heterocycles. The zero-order valence-electron chi connectivity index (χ0n) is 9.69. The van der Waals surface area contributed by atoms with Crippen LogP contribution in [0.4, 0.5) is 17.2 Å². The molecule has 2 aromatic heterocycles. The zero-order valence-corrected chi connectivity index (χ0v) is 10.5. The lowest BCUT2D eigenvalue weighted by atomic mass is 10.3. The first kappa shape index (κ1) is 11.0. The van der Waals surface area contributed by atoms with Crippen LogP contribution in [0, 0.1) is 6.92 Å². The average molecular weight is 236 g/mol. The average Bonchev–Trinajstić information content (AvgIpc) is 2.81. The summed E-state index contributed by atoms with van der Waals surface area (Å²) in [5, 5.41) is 11.8. The summed E-state index contributed by atoms with van der Waals surface area (Å²) in [6.45, 7) is 6.10. The van der Waals surface area contributed by atoms with Gasteiger partial charge in [-0.15, -0.1) is 0 Å². The maximum absolute atomic E-state index is 6.02. The van der Waals surface area contributed by atoms with E-state index in [0.29, 0.717) is 0 Å². The fraction of sp³-hybridized carbons (Fsp3) is 0.364. The van der Waals surface area contributed by atoms with Gasteiger partial charge in [0.05, 0.1) is 17.1 Å². The molecule has 0 saturated carbocycles. The van der Waals surface area contributed by atoms with Gasteiger partial charge in [-0.1, -0.05) is 0 Å². The van der Waals surface area contributed by atoms with Gasteiger partial charge in [-0.3, -0.25) is 0 Å². The van der Waals surface area contributed by atoms with Crippen LogP contribution >= 0.6 is 11.3 Å². The molecular weight excluding hydrogens is 220 g/mol. The van der Waals surface area contributed by atoms with Crippen molar-refractivity contribution < 1.29 is 0 Å². The molecule has 0 bridgehead atoms. The van der Waals surface area contributed by atoms with E-state index in [2.05, 4.69) is 24.3 Å². The first-order chi connectivity index (χ1) is 7.59. The smallest absolute Gasteiger partial charge is 0.152 e. The standard InChI is InChI=1S/C11H16N4S/c1-7(2)15-11(10(12)8(3)14-15)13-9-4-5-16-6-9/h4-7,13H,12H2,1-3H3. The van der Waals surface area contributed by atoms with Crippen molar-refractivity contribution in [2.24, 2.45) is 0 Å². The molecule has 4 nitrogen and oxygen atoms in total. The van der Waals surface area contributed by atoms with Crippen molar-refractivity contribution in [3.63, 3.8) is 0 Å². The number of hydrogen-bond acceptors (Lipinski definition) is 4. The first-order valence-electron chi connectivity index (χ1n) is 5.23. The normalized spacial score (nSPS) is 11.0. The summed E-state index contributed by atoms with van der Waals surface area (Å²) in [6.07, 6.45) is 0. The van der Waals surface area contributed by atoms with Crippen molar-refractivity contribution in [2.45, 2.75) is 26.8 Å². The van der Waals surface area contributed by atoms with Crippen molar-refractivity contribution in [1.82, 2.24) is 9.78 Å². The third-order valence-electron chi connectivity index (χ3n) is 2.40. The Labute approximate surface area is 99.1 Å². The third kappa shape index (κ3) is 1.90. The van der Waals surface area contributed by atoms with Crippen molar-refractivity contribution in [2.75, 3.05) is 11.1 Å². The number of nitrogens with two attached hydrogens (primary N) is 1. The predicted octanol–water partition coefficient (Wildman–Crippen LogP) is 3.16. The van der Waals surface area contributed by atoms with E-state index >= 15 is 0 Å². The Kier molecular flexibility index (Phi) is 2.87. The summed E-state index contributed by atoms with van der Waals surface area (Å²) in [6, 6.07) is 2.31. The molecule has 0 fully saturated rings. The monoisotopic (exact) mass is 236 g/mol. The summed E-state index contributed by atoms with van der Waals surface area (Å²) >= 11 is 1.65. The lowest BCUT2D eigenvalue weighted by Crippen LogP contribution is -2.07. The Morgan fingerprint density at radius 3 is 2.81 bits per heavy atom. The molecule has 0 spiro atoms. The van der Waals surface area contributed by atoms with E-state index in [0.717, 1.165) is 22.9 Å². The molecule has 0 aliphatic heterocycles. The molecule has 5 heteroatoms. The first-order valence-corrected chi connectivity index (χ1v) is 6.17. The number of aryl methyl sites for hydroxylation is 1. The van der Waals surface area contributed by atoms with Crippen LogP contribution in [0.1, 0.15) is 25.6 Å². The topological polar surface area (TPSA) is 55.9 Å². The molecule has 0 aliphatic rings. The minimum absolute atomic E-state index is 0.289. The molecule has 0 amide bonds. The minimum atomic E-state index is 0.289. The van der Waals surface area contributed by atoms with Crippen molar-refractivity contribution >= 4 is 28.5 Å². The summed E-state index contributed by atoms with van der Waals surface area (Å²) in [4.78, 5) is 0. The molecular formula is C11H16N4S. The van der Waals surface area contributed by atoms with Gasteiger partial charge in [0.25, 0.3) is 0 Å². The van der Waals surface area contributed by atoms with Gasteiger partial charge in [-0.2, -0.15) is 16.4 Å². The number of nitrogen functional groups attached to an aromatic ring is 1. The van der Waals surface area contributed by atoms with Crippen LogP contribution in [0.5, 0.6) is 0 Å². The molecule has 2 heterocycles. The SMILES string of the molecule is Cc1nn(C(C)C)c(Nc2ccsc2)c1N. The molecule has 3 N–H and O–H groups in total. The number of thiophene rings is 1. The Morgan fingerprint density at radius 2 is 2.25 bits per heavy atom. The van der Waals surface area contributed by atoms with Gasteiger partial charge in [0.2, 0.25) is 0 Å². The maximum atomic E-state index is 6.02. The molecule has 0 aliphatic carbocycles. The third-order valence-corrected chi connectivity index (χ3v) is 3.09. The molecule has 0 atom stereocenters. The van der Waals surface area contributed by atoms with Gasteiger partial charge in [0.15, 0.2) is 5.82 Å². The summed E-state index contributed by atoms with van der Waals surface area (Å²) < 4.78 is 1.92. The maximum Gasteiger partial charge on any atom is 0.152 e. The van der Waals surface area contributed by atoms with E-state index in [4.69, 9.17) is 5.73 Å². The molecule has 16 heavy (non-hydrogen) atoms. The minimum Gasteiger partial charge on any atom is -0.394 e. The van der Waals surface area contributed by atoms with E-state index in [1.165, 1.54) is 0 Å². The Balaban J connectivity index is 2.38. The quantitative estimate of drug-likeness (QED) is 0.860. The number of nitrogens with one attached hydrogen (secondary N) is 1. The van der Waals surface area contributed by atoms with Gasteiger partial charge >= 0.3 is 0 Å². The van der Waals surface area contributed by atoms with Crippen LogP contribution < -0.4 is 11.1 Å². The van der Waals surface area contributed by atoms with E-state index in [-0.39, 0.29) is 6.04 Å². The lowest BCUT2D eigenvalue weighted by Gasteiger charge is -2.12. The molecule has 0 radical (unpaired) electrons. The van der Waals surface area contributed by atoms with E-state index < -0.39 is 0 Å². The van der Waals surface area contributed by atoms with E-state index in [1.54, 1.807) is 11.3 Å². The van der Waals surface area contributed by atoms with Crippen LogP contribution in [0.25, 0.3) is 0 Å². The zero-order chi connectivity index (χ0) is 11.7. The predicted molar refractivity (Wildman–Crippen MR) is 69.4 cm³/mol. The molecule has 0 unspecified atom stereocenters. The number of rotatable bonds is 3. The van der Waals surface area contributed by atoms with Crippen molar-refractivity contribution in [3.05, 3.63) is 22.5 Å². The van der Waals surface area contributed by atoms with Crippen molar-refractivity contribution in [3.8, 4) is 0 Å². The van der Waals surface area contributed by atoms with Crippen LogP contribution in [0.2, 0.25) is 0 Å². The van der Waals surface area contributed by atoms with Crippen LogP contribution in [-0.4, -0.2) is 9.78 Å². The van der Waals surface area contributed by atoms with Gasteiger partial charge < -0.3 is 11.1 Å². The second-order valence-electron chi connectivity index (χ2n) is 4.02. The molecule has 0 aromatic carbocycles. The highest BCUT2D eigenvalue weighted by Gasteiger charge is 2.14. The summed E-state index contributed by atoms with van der Waals surface area (Å²) in [5.41, 5.74) is 8.66. The van der Waals surface area contributed by atoms with Crippen LogP contribution in [0.15, 0.2) is 16.8 Å². The highest BCUT2D eigenvalue weighted by atomic mass is 32.1. The number of aromatic nitrogens is 2. The molecule has 2 rings (SSSR count). The largest absolute Gasteiger partial charge is 0.394 e. The van der Waals surface area contributed by atoms with Gasteiger partial charge in [-0.05, 0) is 32.2 Å². The van der Waals surface area contributed by atoms with Crippen LogP contribution in [0.3, 0.4) is 0 Å². The van der Waals surface area contributed by atoms with Crippen LogP contribution in [-0.2, 0) is 0 Å². The molecule has 86 valence electrons. The summed E-state index contributed by atoms with van der Waals surface area (Å²) in [5.74, 6) is 0.880. The fourth-order valence-electron chi connectivity index (χ4n) is 1.53. The van der Waals surface area contributed by atoms with Gasteiger partial charge in [0.1, 0.15) is 0 Å². The fourth-order valence-corrected chi connectivity index (χ4v) is 2.12. The Morgan fingerprint density at radius 1 is 1.50 bits per heavy atom. The lowest BCUT2D eigenvalue weighted by molar-refractivity contribution is 0.536. The second-order valence-corrected chi connectivity index (χ2v) is 4.80. The number of nitrogens with zero attached hydrogens (tertiary/aromatic N) is 2. The van der Waals surface area contributed by atoms with E-state index in [9.17, 15) is 0 Å². The highest BCUT2D eigenvalue weighted by molar-refractivity contribution is 7.08. The number of hydrogen-bond donors (Lipinski definition) is 2. The Bertz CT molecular complexity index is 470. The Hall–Kier alpha value is -1.49. The van der Waals surface area contributed by atoms with E-state index in [1.807, 2.05) is 28.4 Å². The van der Waals surface area contributed by atoms with Gasteiger partial charge in [-0.25, -0.2) is 4.68 Å². The molecule has 2 aromatic rings. The summed E-state index contributed by atoms with van der Waals surface area (Å²) in [7, 11) is 0. The van der Waals surface area contributed by atoms with Gasteiger partial charge in [0, 0.05) is 11.4 Å². The second kappa shape index (κ2) is 4.17. The number of anilines is 3. The van der Waals surface area contributed by atoms with Crippen molar-refractivity contribution in [1.29, 1.82) is 0 Å². The highest BCUT2D eigenvalue weighted by Crippen LogP contribution is 2.29.